The summed E-state index contributed by atoms with van der Waals surface area (Å²) in [6.07, 6.45) is 6.72. The lowest BCUT2D eigenvalue weighted by Crippen LogP contribution is -2.34. The maximum absolute atomic E-state index is 12.7. The van der Waals surface area contributed by atoms with Gasteiger partial charge in [0.25, 0.3) is 0 Å². The van der Waals surface area contributed by atoms with Gasteiger partial charge in [-0.25, -0.2) is 0 Å². The van der Waals surface area contributed by atoms with E-state index in [0.29, 0.717) is 5.92 Å². The zero-order valence-electron chi connectivity index (χ0n) is 16.9. The lowest BCUT2D eigenvalue weighted by Gasteiger charge is -2.26. The van der Waals surface area contributed by atoms with Crippen molar-refractivity contribution in [3.8, 4) is 0 Å². The van der Waals surface area contributed by atoms with Crippen molar-refractivity contribution < 1.29 is 4.79 Å². The monoisotopic (exact) mass is 351 g/mol. The number of hydrogen-bond donors (Lipinski definition) is 1. The van der Waals surface area contributed by atoms with E-state index in [-0.39, 0.29) is 23.8 Å². The van der Waals surface area contributed by atoms with E-state index in [1.807, 2.05) is 32.0 Å². The molecule has 1 aliphatic carbocycles. The van der Waals surface area contributed by atoms with Crippen molar-refractivity contribution in [3.05, 3.63) is 71.3 Å². The van der Waals surface area contributed by atoms with Crippen LogP contribution in [-0.2, 0) is 4.79 Å². The standard InChI is InChI=1S/C24H33NO/c1-16(2)22-13-12-17(3)23(15-22)14-18(4)19(5)24(26)25-20(6)21-10-8-7-9-11-21/h7-12,14,18-20,22H,1,13,15H2,2-6H3,(H,25,26)/b23-14-/t18-,19-,20-,22+/m0/s1. The van der Waals surface area contributed by atoms with Crippen molar-refractivity contribution in [2.24, 2.45) is 17.8 Å². The summed E-state index contributed by atoms with van der Waals surface area (Å²) in [7, 11) is 0. The van der Waals surface area contributed by atoms with Gasteiger partial charge in [-0.3, -0.25) is 4.79 Å². The normalized spacial score (nSPS) is 22.3. The highest BCUT2D eigenvalue weighted by molar-refractivity contribution is 5.79. The SMILES string of the molecule is C=C(C)[C@@H]1CC=C(C)/C(=C\[C@H](C)[C@H](C)C(=O)N[C@@H](C)c2ccccc2)C1. The van der Waals surface area contributed by atoms with Crippen LogP contribution in [0.15, 0.2) is 65.8 Å². The first-order valence-corrected chi connectivity index (χ1v) is 9.68. The van der Waals surface area contributed by atoms with E-state index in [1.165, 1.54) is 16.7 Å². The minimum absolute atomic E-state index is 0.0233. The zero-order chi connectivity index (χ0) is 19.3. The van der Waals surface area contributed by atoms with Crippen LogP contribution in [0, 0.1) is 17.8 Å². The molecule has 0 unspecified atom stereocenters. The third-order valence-electron chi connectivity index (χ3n) is 5.70. The summed E-state index contributed by atoms with van der Waals surface area (Å²) < 4.78 is 0. The number of hydrogen-bond acceptors (Lipinski definition) is 1. The number of carbonyl (C=O) groups excluding carboxylic acids is 1. The molecule has 2 nitrogen and oxygen atoms in total. The van der Waals surface area contributed by atoms with Crippen molar-refractivity contribution >= 4 is 5.91 Å². The maximum Gasteiger partial charge on any atom is 0.223 e. The summed E-state index contributed by atoms with van der Waals surface area (Å²) in [5.74, 6) is 0.769. The number of amides is 1. The van der Waals surface area contributed by atoms with Crippen LogP contribution in [-0.4, -0.2) is 5.91 Å². The van der Waals surface area contributed by atoms with Gasteiger partial charge in [0.15, 0.2) is 0 Å². The molecule has 1 amide bonds. The van der Waals surface area contributed by atoms with Gasteiger partial charge in [-0.15, -0.1) is 0 Å². The molecule has 2 rings (SSSR count). The highest BCUT2D eigenvalue weighted by Crippen LogP contribution is 2.33. The lowest BCUT2D eigenvalue weighted by atomic mass is 9.80. The van der Waals surface area contributed by atoms with Gasteiger partial charge in [-0.1, -0.05) is 74.1 Å². The minimum Gasteiger partial charge on any atom is -0.349 e. The molecule has 0 aliphatic heterocycles. The van der Waals surface area contributed by atoms with E-state index in [9.17, 15) is 4.79 Å². The number of rotatable bonds is 6. The first kappa shape index (κ1) is 20.2. The molecule has 4 atom stereocenters. The molecular formula is C24H33NO. The van der Waals surface area contributed by atoms with Crippen molar-refractivity contribution in [2.75, 3.05) is 0 Å². The first-order chi connectivity index (χ1) is 12.3. The number of nitrogens with one attached hydrogen (secondary N) is 1. The van der Waals surface area contributed by atoms with Crippen LogP contribution >= 0.6 is 0 Å². The second-order valence-electron chi connectivity index (χ2n) is 7.85. The van der Waals surface area contributed by atoms with Gasteiger partial charge in [-0.2, -0.15) is 0 Å². The van der Waals surface area contributed by atoms with Crippen LogP contribution in [0.5, 0.6) is 0 Å². The molecule has 0 spiro atoms. The highest BCUT2D eigenvalue weighted by Gasteiger charge is 2.23. The Labute approximate surface area is 159 Å². The molecule has 0 fully saturated rings. The average Bonchev–Trinajstić information content (AvgIpc) is 2.63. The number of allylic oxidation sites excluding steroid dienone is 5. The largest absolute Gasteiger partial charge is 0.349 e. The predicted molar refractivity (Wildman–Crippen MR) is 111 cm³/mol. The van der Waals surface area contributed by atoms with Gasteiger partial charge in [0.1, 0.15) is 0 Å². The Bertz CT molecular complexity index is 698. The van der Waals surface area contributed by atoms with Gasteiger partial charge < -0.3 is 5.32 Å². The van der Waals surface area contributed by atoms with Crippen molar-refractivity contribution in [1.29, 1.82) is 0 Å². The topological polar surface area (TPSA) is 29.1 Å². The summed E-state index contributed by atoms with van der Waals surface area (Å²) in [5.41, 5.74) is 5.09. The Balaban J connectivity index is 2.02. The molecule has 0 saturated heterocycles. The van der Waals surface area contributed by atoms with Gasteiger partial charge in [0.2, 0.25) is 5.91 Å². The first-order valence-electron chi connectivity index (χ1n) is 9.68. The van der Waals surface area contributed by atoms with Crippen molar-refractivity contribution in [2.45, 2.75) is 53.5 Å². The van der Waals surface area contributed by atoms with Crippen LogP contribution in [0.2, 0.25) is 0 Å². The van der Waals surface area contributed by atoms with Crippen LogP contribution in [0.3, 0.4) is 0 Å². The molecule has 0 aromatic heterocycles. The van der Waals surface area contributed by atoms with Gasteiger partial charge in [0.05, 0.1) is 6.04 Å². The van der Waals surface area contributed by atoms with Crippen molar-refractivity contribution in [3.63, 3.8) is 0 Å². The maximum atomic E-state index is 12.7. The summed E-state index contributed by atoms with van der Waals surface area (Å²) in [6, 6.07) is 10.1. The van der Waals surface area contributed by atoms with Crippen LogP contribution < -0.4 is 5.32 Å². The zero-order valence-corrected chi connectivity index (χ0v) is 16.9. The molecule has 0 saturated carbocycles. The molecule has 1 aromatic rings. The van der Waals surface area contributed by atoms with E-state index >= 15 is 0 Å². The molecule has 0 heterocycles. The van der Waals surface area contributed by atoms with Gasteiger partial charge >= 0.3 is 0 Å². The Kier molecular flexibility index (Phi) is 7.02. The summed E-state index contributed by atoms with van der Waals surface area (Å²) in [6.45, 7) is 14.6. The smallest absolute Gasteiger partial charge is 0.223 e. The fraction of sp³-hybridized carbons (Fsp3) is 0.458. The van der Waals surface area contributed by atoms with E-state index in [1.54, 1.807) is 0 Å². The van der Waals surface area contributed by atoms with E-state index in [2.05, 4.69) is 57.0 Å². The molecule has 140 valence electrons. The van der Waals surface area contributed by atoms with E-state index < -0.39 is 0 Å². The Morgan fingerprint density at radius 3 is 2.50 bits per heavy atom. The van der Waals surface area contributed by atoms with Crippen LogP contribution in [0.4, 0.5) is 0 Å². The number of carbonyl (C=O) groups is 1. The quantitative estimate of drug-likeness (QED) is 0.626. The third-order valence-corrected chi connectivity index (χ3v) is 5.70. The van der Waals surface area contributed by atoms with Gasteiger partial charge in [-0.05, 0) is 56.6 Å². The second-order valence-corrected chi connectivity index (χ2v) is 7.85. The molecule has 2 heteroatoms. The molecule has 1 N–H and O–H groups in total. The van der Waals surface area contributed by atoms with Crippen LogP contribution in [0.25, 0.3) is 0 Å². The molecule has 26 heavy (non-hydrogen) atoms. The average molecular weight is 352 g/mol. The highest BCUT2D eigenvalue weighted by atomic mass is 16.1. The fourth-order valence-electron chi connectivity index (χ4n) is 3.41. The van der Waals surface area contributed by atoms with E-state index in [0.717, 1.165) is 18.4 Å². The Morgan fingerprint density at radius 1 is 1.23 bits per heavy atom. The Morgan fingerprint density at radius 2 is 1.88 bits per heavy atom. The molecule has 1 aromatic carbocycles. The van der Waals surface area contributed by atoms with Crippen LogP contribution in [0.1, 0.15) is 59.1 Å². The third kappa shape index (κ3) is 5.20. The number of benzene rings is 1. The fourth-order valence-corrected chi connectivity index (χ4v) is 3.41. The molecule has 1 aliphatic rings. The predicted octanol–water partition coefficient (Wildman–Crippen LogP) is 5.99. The summed E-state index contributed by atoms with van der Waals surface area (Å²) in [5, 5.41) is 3.16. The second kappa shape index (κ2) is 9.02. The Hall–Kier alpha value is -2.09. The molecule has 0 bridgehead atoms. The van der Waals surface area contributed by atoms with Crippen molar-refractivity contribution in [1.82, 2.24) is 5.32 Å². The molecular weight excluding hydrogens is 318 g/mol. The molecule has 0 radical (unpaired) electrons. The summed E-state index contributed by atoms with van der Waals surface area (Å²) in [4.78, 5) is 12.7. The lowest BCUT2D eigenvalue weighted by molar-refractivity contribution is -0.126. The summed E-state index contributed by atoms with van der Waals surface area (Å²) >= 11 is 0. The van der Waals surface area contributed by atoms with E-state index in [4.69, 9.17) is 0 Å². The minimum atomic E-state index is -0.0633. The van der Waals surface area contributed by atoms with Gasteiger partial charge in [0, 0.05) is 5.92 Å².